The van der Waals surface area contributed by atoms with E-state index in [1.807, 2.05) is 12.1 Å². The summed E-state index contributed by atoms with van der Waals surface area (Å²) in [6.07, 6.45) is 0. The molecule has 1 aromatic rings. The lowest BCUT2D eigenvalue weighted by atomic mass is 10.2. The minimum atomic E-state index is -0.00167. The molecule has 0 fully saturated rings. The van der Waals surface area contributed by atoms with Gasteiger partial charge in [0.1, 0.15) is 11.5 Å². The Hall–Kier alpha value is -1.38. The average molecular weight is 192 g/mol. The summed E-state index contributed by atoms with van der Waals surface area (Å²) in [5.74, 6) is 1.34. The van der Waals surface area contributed by atoms with E-state index in [1.54, 1.807) is 6.07 Å². The van der Waals surface area contributed by atoms with Gasteiger partial charge < -0.3 is 5.32 Å². The molecule has 76 valence electrons. The van der Waals surface area contributed by atoms with Gasteiger partial charge in [-0.25, -0.2) is 4.98 Å². The van der Waals surface area contributed by atoms with Crippen LogP contribution in [0.15, 0.2) is 18.2 Å². The van der Waals surface area contributed by atoms with E-state index in [4.69, 9.17) is 0 Å². The molecule has 0 spiro atoms. The summed E-state index contributed by atoms with van der Waals surface area (Å²) in [5, 5.41) is 3.18. The van der Waals surface area contributed by atoms with Gasteiger partial charge in [0, 0.05) is 13.5 Å². The van der Waals surface area contributed by atoms with E-state index in [2.05, 4.69) is 24.1 Å². The summed E-state index contributed by atoms with van der Waals surface area (Å²) < 4.78 is 0. The number of Topliss-reactive ketones (excluding diaryl/α,β-unsaturated/α-hetero) is 1. The quantitative estimate of drug-likeness (QED) is 0.744. The van der Waals surface area contributed by atoms with Crippen molar-refractivity contribution in [2.75, 3.05) is 11.9 Å². The summed E-state index contributed by atoms with van der Waals surface area (Å²) in [6, 6.07) is 5.43. The van der Waals surface area contributed by atoms with Crippen LogP contribution in [0, 0.1) is 5.92 Å². The number of carbonyl (C=O) groups excluding carboxylic acids is 1. The molecule has 3 heteroatoms. The fourth-order valence-corrected chi connectivity index (χ4v) is 1.04. The van der Waals surface area contributed by atoms with Crippen LogP contribution in [0.1, 0.15) is 31.3 Å². The summed E-state index contributed by atoms with van der Waals surface area (Å²) >= 11 is 0. The monoisotopic (exact) mass is 192 g/mol. The molecule has 1 rings (SSSR count). The van der Waals surface area contributed by atoms with Crippen LogP contribution < -0.4 is 5.32 Å². The van der Waals surface area contributed by atoms with Crippen LogP contribution >= 0.6 is 0 Å². The first-order chi connectivity index (χ1) is 6.59. The van der Waals surface area contributed by atoms with E-state index in [-0.39, 0.29) is 5.78 Å². The van der Waals surface area contributed by atoms with Crippen molar-refractivity contribution in [2.24, 2.45) is 5.92 Å². The summed E-state index contributed by atoms with van der Waals surface area (Å²) in [5.41, 5.74) is 0.513. The van der Waals surface area contributed by atoms with Gasteiger partial charge >= 0.3 is 0 Å². The lowest BCUT2D eigenvalue weighted by Gasteiger charge is -2.08. The molecular formula is C11H16N2O. The van der Waals surface area contributed by atoms with Gasteiger partial charge in [0.05, 0.1) is 0 Å². The predicted octanol–water partition coefficient (Wildman–Crippen LogP) is 2.35. The minimum absolute atomic E-state index is 0.00167. The second kappa shape index (κ2) is 4.74. The van der Waals surface area contributed by atoms with Gasteiger partial charge in [0.2, 0.25) is 0 Å². The van der Waals surface area contributed by atoms with Crippen molar-refractivity contribution < 1.29 is 4.79 Å². The van der Waals surface area contributed by atoms with Gasteiger partial charge in [0.25, 0.3) is 0 Å². The Labute approximate surface area is 84.6 Å². The first-order valence-electron chi connectivity index (χ1n) is 4.81. The van der Waals surface area contributed by atoms with Gasteiger partial charge in [-0.2, -0.15) is 0 Å². The Morgan fingerprint density at radius 3 is 2.79 bits per heavy atom. The Morgan fingerprint density at radius 2 is 2.21 bits per heavy atom. The fourth-order valence-electron chi connectivity index (χ4n) is 1.04. The number of hydrogen-bond acceptors (Lipinski definition) is 3. The van der Waals surface area contributed by atoms with E-state index >= 15 is 0 Å². The summed E-state index contributed by atoms with van der Waals surface area (Å²) in [6.45, 7) is 6.65. The molecule has 1 N–H and O–H groups in total. The Balaban J connectivity index is 2.69. The first-order valence-corrected chi connectivity index (χ1v) is 4.81. The van der Waals surface area contributed by atoms with Gasteiger partial charge in [-0.3, -0.25) is 4.79 Å². The number of carbonyl (C=O) groups is 1. The summed E-state index contributed by atoms with van der Waals surface area (Å²) in [7, 11) is 0. The number of ketones is 1. The maximum atomic E-state index is 11.0. The molecule has 0 atom stereocenters. The highest BCUT2D eigenvalue weighted by Crippen LogP contribution is 2.06. The second-order valence-corrected chi connectivity index (χ2v) is 3.74. The van der Waals surface area contributed by atoms with E-state index in [1.165, 1.54) is 6.92 Å². The number of aromatic nitrogens is 1. The molecule has 14 heavy (non-hydrogen) atoms. The molecule has 0 radical (unpaired) electrons. The standard InChI is InChI=1S/C11H16N2O/c1-8(2)7-12-11-6-4-5-10(13-11)9(3)14/h4-6,8H,7H2,1-3H3,(H,12,13). The number of nitrogens with zero attached hydrogens (tertiary/aromatic N) is 1. The maximum Gasteiger partial charge on any atom is 0.178 e. The Kier molecular flexibility index (Phi) is 3.63. The number of anilines is 1. The molecule has 3 nitrogen and oxygen atoms in total. The van der Waals surface area contributed by atoms with Crippen LogP contribution in [0.25, 0.3) is 0 Å². The summed E-state index contributed by atoms with van der Waals surface area (Å²) in [4.78, 5) is 15.2. The molecule has 0 saturated heterocycles. The highest BCUT2D eigenvalue weighted by molar-refractivity contribution is 5.92. The normalized spacial score (nSPS) is 10.3. The lowest BCUT2D eigenvalue weighted by molar-refractivity contribution is 0.101. The molecule has 0 unspecified atom stereocenters. The molecule has 0 amide bonds. The molecular weight excluding hydrogens is 176 g/mol. The molecule has 0 aromatic carbocycles. The van der Waals surface area contributed by atoms with Gasteiger partial charge in [-0.1, -0.05) is 19.9 Å². The molecule has 0 aliphatic heterocycles. The lowest BCUT2D eigenvalue weighted by Crippen LogP contribution is -2.10. The number of pyridine rings is 1. The van der Waals surface area contributed by atoms with E-state index in [9.17, 15) is 4.79 Å². The Bertz CT molecular complexity index is 321. The number of hydrogen-bond donors (Lipinski definition) is 1. The van der Waals surface area contributed by atoms with Crippen molar-refractivity contribution in [1.29, 1.82) is 0 Å². The zero-order chi connectivity index (χ0) is 10.6. The van der Waals surface area contributed by atoms with Crippen LogP contribution in [-0.4, -0.2) is 17.3 Å². The van der Waals surface area contributed by atoms with Gasteiger partial charge in [-0.05, 0) is 18.1 Å². The third-order valence-corrected chi connectivity index (χ3v) is 1.80. The van der Waals surface area contributed by atoms with Crippen LogP contribution in [0.3, 0.4) is 0 Å². The third-order valence-electron chi connectivity index (χ3n) is 1.80. The number of rotatable bonds is 4. The molecule has 0 aliphatic carbocycles. The predicted molar refractivity (Wildman–Crippen MR) is 57.6 cm³/mol. The van der Waals surface area contributed by atoms with Crippen molar-refractivity contribution >= 4 is 11.6 Å². The topological polar surface area (TPSA) is 42.0 Å². The highest BCUT2D eigenvalue weighted by atomic mass is 16.1. The molecule has 0 bridgehead atoms. The zero-order valence-corrected chi connectivity index (χ0v) is 8.87. The zero-order valence-electron chi connectivity index (χ0n) is 8.87. The average Bonchev–Trinajstić information content (AvgIpc) is 2.15. The molecule has 0 saturated carbocycles. The van der Waals surface area contributed by atoms with Crippen LogP contribution in [0.2, 0.25) is 0 Å². The largest absolute Gasteiger partial charge is 0.370 e. The van der Waals surface area contributed by atoms with Crippen molar-refractivity contribution in [3.8, 4) is 0 Å². The molecule has 0 aliphatic rings. The number of nitrogens with one attached hydrogen (secondary N) is 1. The second-order valence-electron chi connectivity index (χ2n) is 3.74. The van der Waals surface area contributed by atoms with Crippen LogP contribution in [0.5, 0.6) is 0 Å². The van der Waals surface area contributed by atoms with Crippen molar-refractivity contribution in [1.82, 2.24) is 4.98 Å². The third kappa shape index (κ3) is 3.17. The van der Waals surface area contributed by atoms with Crippen molar-refractivity contribution in [2.45, 2.75) is 20.8 Å². The van der Waals surface area contributed by atoms with Crippen molar-refractivity contribution in [3.05, 3.63) is 23.9 Å². The van der Waals surface area contributed by atoms with Crippen LogP contribution in [0.4, 0.5) is 5.82 Å². The molecule has 1 aromatic heterocycles. The minimum Gasteiger partial charge on any atom is -0.370 e. The SMILES string of the molecule is CC(=O)c1cccc(NCC(C)C)n1. The van der Waals surface area contributed by atoms with Gasteiger partial charge in [-0.15, -0.1) is 0 Å². The first kappa shape index (κ1) is 10.7. The van der Waals surface area contributed by atoms with E-state index in [0.29, 0.717) is 11.6 Å². The Morgan fingerprint density at radius 1 is 1.50 bits per heavy atom. The maximum absolute atomic E-state index is 11.0. The highest BCUT2D eigenvalue weighted by Gasteiger charge is 2.01. The molecule has 1 heterocycles. The smallest absolute Gasteiger partial charge is 0.178 e. The fraction of sp³-hybridized carbons (Fsp3) is 0.455. The van der Waals surface area contributed by atoms with Crippen molar-refractivity contribution in [3.63, 3.8) is 0 Å². The van der Waals surface area contributed by atoms with Gasteiger partial charge in [0.15, 0.2) is 5.78 Å². The van der Waals surface area contributed by atoms with E-state index in [0.717, 1.165) is 12.4 Å². The van der Waals surface area contributed by atoms with Crippen LogP contribution in [-0.2, 0) is 0 Å². The van der Waals surface area contributed by atoms with E-state index < -0.39 is 0 Å².